The molecule has 0 amide bonds. The first-order valence-corrected chi connectivity index (χ1v) is 2.10. The molecule has 0 aromatic heterocycles. The van der Waals surface area contributed by atoms with Gasteiger partial charge in [0, 0.05) is 52.6 Å². The molecule has 0 aliphatic carbocycles. The Bertz CT molecular complexity index is 97.3. The minimum Gasteiger partial charge on any atom is -0.412 e. The average molecular weight is 217 g/mol. The summed E-state index contributed by atoms with van der Waals surface area (Å²) in [5.41, 5.74) is 0. The van der Waals surface area contributed by atoms with Gasteiger partial charge in [0.1, 0.15) is 0 Å². The summed E-state index contributed by atoms with van der Waals surface area (Å²) in [7, 11) is -4.67. The molecule has 67 valence electrons. The molecule has 0 aromatic carbocycles. The monoisotopic (exact) mass is 217 g/mol. The van der Waals surface area contributed by atoms with Crippen molar-refractivity contribution in [1.82, 2.24) is 0 Å². The molecule has 0 fully saturated rings. The molecule has 0 aromatic rings. The SMILES string of the molecule is O.O.O.O.O=S(=O)(O)O.[Mg].[Na]. The molecule has 0 aliphatic rings. The molecule has 11 heavy (non-hydrogen) atoms. The van der Waals surface area contributed by atoms with Crippen LogP contribution in [0.2, 0.25) is 0 Å². The van der Waals surface area contributed by atoms with E-state index in [9.17, 15) is 0 Å². The topological polar surface area (TPSA) is 201 Å². The minimum absolute atomic E-state index is 0. The van der Waals surface area contributed by atoms with Gasteiger partial charge in [-0.3, -0.25) is 9.11 Å². The predicted molar refractivity (Wildman–Crippen MR) is 40.1 cm³/mol. The summed E-state index contributed by atoms with van der Waals surface area (Å²) in [5, 5.41) is 0. The van der Waals surface area contributed by atoms with Crippen molar-refractivity contribution >= 4 is 63.0 Å². The summed E-state index contributed by atoms with van der Waals surface area (Å²) in [4.78, 5) is 0. The van der Waals surface area contributed by atoms with Crippen LogP contribution >= 0.6 is 0 Å². The van der Waals surface area contributed by atoms with E-state index in [0.717, 1.165) is 0 Å². The number of hydrogen-bond acceptors (Lipinski definition) is 2. The first kappa shape index (κ1) is 54.8. The van der Waals surface area contributed by atoms with Crippen LogP contribution < -0.4 is 0 Å². The van der Waals surface area contributed by atoms with Gasteiger partial charge in [-0.15, -0.1) is 0 Å². The van der Waals surface area contributed by atoms with Crippen LogP contribution in [0.15, 0.2) is 0 Å². The molecular weight excluding hydrogens is 207 g/mol. The number of hydrogen-bond donors (Lipinski definition) is 2. The van der Waals surface area contributed by atoms with Gasteiger partial charge in [-0.25, -0.2) is 0 Å². The third-order valence-electron chi connectivity index (χ3n) is 0. The van der Waals surface area contributed by atoms with Crippen molar-refractivity contribution in [3.63, 3.8) is 0 Å². The molecule has 0 saturated heterocycles. The van der Waals surface area contributed by atoms with E-state index < -0.39 is 10.4 Å². The Morgan fingerprint density at radius 3 is 0.818 bits per heavy atom. The summed E-state index contributed by atoms with van der Waals surface area (Å²) in [6.07, 6.45) is 0. The van der Waals surface area contributed by atoms with E-state index >= 15 is 0 Å². The van der Waals surface area contributed by atoms with Gasteiger partial charge in [-0.2, -0.15) is 8.42 Å². The smallest absolute Gasteiger partial charge is 0.394 e. The maximum absolute atomic E-state index is 8.74. The summed E-state index contributed by atoms with van der Waals surface area (Å²) in [6, 6.07) is 0. The molecule has 8 nitrogen and oxygen atoms in total. The maximum atomic E-state index is 8.74. The molecule has 0 saturated carbocycles. The van der Waals surface area contributed by atoms with E-state index in [1.807, 2.05) is 0 Å². The van der Waals surface area contributed by atoms with Crippen molar-refractivity contribution in [1.29, 1.82) is 0 Å². The fraction of sp³-hybridized carbons (Fsp3) is 0. The molecular formula is H10MgNaO8S. The van der Waals surface area contributed by atoms with Crippen molar-refractivity contribution in [2.24, 2.45) is 0 Å². The molecule has 0 spiro atoms. The third kappa shape index (κ3) is 473. The summed E-state index contributed by atoms with van der Waals surface area (Å²) < 4.78 is 31.6. The van der Waals surface area contributed by atoms with Gasteiger partial charge in [0.2, 0.25) is 0 Å². The maximum Gasteiger partial charge on any atom is 0.394 e. The first-order chi connectivity index (χ1) is 2.00. The van der Waals surface area contributed by atoms with E-state index in [4.69, 9.17) is 17.5 Å². The number of rotatable bonds is 0. The Kier molecular flexibility index (Phi) is 112. The molecule has 10 N–H and O–H groups in total. The Morgan fingerprint density at radius 1 is 0.818 bits per heavy atom. The van der Waals surface area contributed by atoms with Crippen molar-refractivity contribution < 1.29 is 39.4 Å². The van der Waals surface area contributed by atoms with Gasteiger partial charge in [-0.1, -0.05) is 0 Å². The van der Waals surface area contributed by atoms with Crippen LogP contribution in [0.5, 0.6) is 0 Å². The fourth-order valence-corrected chi connectivity index (χ4v) is 0. The van der Waals surface area contributed by atoms with Gasteiger partial charge in [0.15, 0.2) is 0 Å². The molecule has 0 bridgehead atoms. The van der Waals surface area contributed by atoms with Gasteiger partial charge in [0.05, 0.1) is 0 Å². The Labute approximate surface area is 102 Å². The van der Waals surface area contributed by atoms with Gasteiger partial charge in [-0.05, 0) is 0 Å². The quantitative estimate of drug-likeness (QED) is 0.303. The van der Waals surface area contributed by atoms with Gasteiger partial charge < -0.3 is 21.9 Å². The van der Waals surface area contributed by atoms with Crippen LogP contribution in [-0.2, 0) is 10.4 Å². The van der Waals surface area contributed by atoms with E-state index in [-0.39, 0.29) is 74.5 Å². The molecule has 0 heterocycles. The second-order valence-electron chi connectivity index (χ2n) is 0.448. The van der Waals surface area contributed by atoms with Crippen LogP contribution in [-0.4, -0.2) is 92.0 Å². The van der Waals surface area contributed by atoms with Crippen molar-refractivity contribution in [3.05, 3.63) is 0 Å². The van der Waals surface area contributed by atoms with Crippen molar-refractivity contribution in [2.45, 2.75) is 0 Å². The second kappa shape index (κ2) is 22.5. The Hall–Kier alpha value is 1.48. The largest absolute Gasteiger partial charge is 0.412 e. The molecule has 0 atom stereocenters. The van der Waals surface area contributed by atoms with Crippen molar-refractivity contribution in [2.75, 3.05) is 0 Å². The molecule has 3 radical (unpaired) electrons. The summed E-state index contributed by atoms with van der Waals surface area (Å²) in [5.74, 6) is 0. The van der Waals surface area contributed by atoms with Gasteiger partial charge in [0.25, 0.3) is 0 Å². The van der Waals surface area contributed by atoms with Crippen LogP contribution in [0.1, 0.15) is 0 Å². The summed E-state index contributed by atoms with van der Waals surface area (Å²) in [6.45, 7) is 0. The molecule has 11 heteroatoms. The molecule has 0 rings (SSSR count). The van der Waals surface area contributed by atoms with E-state index in [0.29, 0.717) is 0 Å². The van der Waals surface area contributed by atoms with E-state index in [1.165, 1.54) is 0 Å². The van der Waals surface area contributed by atoms with Gasteiger partial charge >= 0.3 is 10.4 Å². The van der Waals surface area contributed by atoms with Crippen LogP contribution in [0.4, 0.5) is 0 Å². The normalized spacial score (nSPS) is 5.27. The minimum atomic E-state index is -4.67. The fourth-order valence-electron chi connectivity index (χ4n) is 0. The average Bonchev–Trinajstić information content (AvgIpc) is 0.722. The standard InChI is InChI=1S/Mg.Na.H2O4S.4H2O/c;;1-5(2,3)4;;;;/h;;(H2,1,2,3,4);4*1H2. The van der Waals surface area contributed by atoms with Crippen LogP contribution in [0.25, 0.3) is 0 Å². The summed E-state index contributed by atoms with van der Waals surface area (Å²) >= 11 is 0. The van der Waals surface area contributed by atoms with E-state index in [2.05, 4.69) is 0 Å². The van der Waals surface area contributed by atoms with Crippen LogP contribution in [0.3, 0.4) is 0 Å². The first-order valence-electron chi connectivity index (χ1n) is 0.698. The Morgan fingerprint density at radius 2 is 0.818 bits per heavy atom. The molecule has 0 unspecified atom stereocenters. The third-order valence-corrected chi connectivity index (χ3v) is 0. The second-order valence-corrected chi connectivity index (χ2v) is 1.34. The molecule has 0 aliphatic heterocycles. The zero-order chi connectivity index (χ0) is 4.50. The van der Waals surface area contributed by atoms with Crippen LogP contribution in [0, 0.1) is 0 Å². The zero-order valence-electron chi connectivity index (χ0n) is 5.83. The Balaban J connectivity index is -0.00000000533. The predicted octanol–water partition coefficient (Wildman–Crippen LogP) is -4.71. The van der Waals surface area contributed by atoms with Crippen molar-refractivity contribution in [3.8, 4) is 0 Å². The zero-order valence-corrected chi connectivity index (χ0v) is 10.1. The van der Waals surface area contributed by atoms with E-state index in [1.54, 1.807) is 0 Å².